The Labute approximate surface area is 169 Å². The summed E-state index contributed by atoms with van der Waals surface area (Å²) in [4.78, 5) is 21.3. The third kappa shape index (κ3) is 3.10. The highest BCUT2D eigenvalue weighted by molar-refractivity contribution is 6.09. The highest BCUT2D eigenvalue weighted by Crippen LogP contribution is 2.28. The van der Waals surface area contributed by atoms with Crippen LogP contribution in [0.1, 0.15) is 10.4 Å². The Bertz CT molecular complexity index is 1430. The van der Waals surface area contributed by atoms with E-state index in [2.05, 4.69) is 25.5 Å². The first-order valence-corrected chi connectivity index (χ1v) is 9.15. The van der Waals surface area contributed by atoms with E-state index in [1.54, 1.807) is 42.6 Å². The number of aromatic amines is 1. The van der Waals surface area contributed by atoms with Gasteiger partial charge in [0.05, 0.1) is 28.6 Å². The molecule has 7 nitrogen and oxygen atoms in total. The number of benzene rings is 3. The van der Waals surface area contributed by atoms with Crippen molar-refractivity contribution >= 4 is 39.3 Å². The van der Waals surface area contributed by atoms with Crippen LogP contribution in [0.3, 0.4) is 0 Å². The predicted octanol–water partition coefficient (Wildman–Crippen LogP) is 4.15. The normalized spacial score (nSPS) is 11.1. The zero-order valence-corrected chi connectivity index (χ0v) is 15.6. The number of anilines is 2. The van der Waals surface area contributed by atoms with Gasteiger partial charge in [-0.15, -0.1) is 0 Å². The van der Waals surface area contributed by atoms with E-state index in [-0.39, 0.29) is 11.9 Å². The number of rotatable bonds is 3. The van der Waals surface area contributed by atoms with Gasteiger partial charge in [0, 0.05) is 21.9 Å². The molecule has 3 aromatic carbocycles. The van der Waals surface area contributed by atoms with Crippen LogP contribution in [0.15, 0.2) is 66.9 Å². The molecule has 0 saturated carbocycles. The number of carbonyl (C=O) groups is 1. The molecule has 0 unspecified atom stereocenters. The van der Waals surface area contributed by atoms with Crippen LogP contribution in [0.4, 0.5) is 16.0 Å². The van der Waals surface area contributed by atoms with Crippen molar-refractivity contribution in [3.63, 3.8) is 0 Å². The molecule has 4 N–H and O–H groups in total. The number of nitrogen functional groups attached to an aromatic ring is 1. The van der Waals surface area contributed by atoms with Crippen molar-refractivity contribution in [1.82, 2.24) is 20.2 Å². The van der Waals surface area contributed by atoms with Crippen LogP contribution >= 0.6 is 0 Å². The molecule has 2 heterocycles. The van der Waals surface area contributed by atoms with Crippen molar-refractivity contribution < 1.29 is 9.18 Å². The zero-order valence-electron chi connectivity index (χ0n) is 15.6. The Morgan fingerprint density at radius 2 is 1.90 bits per heavy atom. The molecular weight excluding hydrogens is 383 g/mol. The Kier molecular flexibility index (Phi) is 4.10. The number of para-hydroxylation sites is 1. The van der Waals surface area contributed by atoms with E-state index in [9.17, 15) is 9.18 Å². The lowest BCUT2D eigenvalue weighted by Crippen LogP contribution is -2.12. The van der Waals surface area contributed by atoms with E-state index >= 15 is 0 Å². The Hall–Kier alpha value is -4.33. The highest BCUT2D eigenvalue weighted by Gasteiger charge is 2.14. The van der Waals surface area contributed by atoms with E-state index < -0.39 is 5.82 Å². The van der Waals surface area contributed by atoms with Crippen LogP contribution in [0.25, 0.3) is 33.1 Å². The standard InChI is InChI=1S/C22H15FN6O/c23-15-7-8-17-16(10-15)19(28-22(24)27-17)12-3-1-4-13(9-12)21(30)26-18-6-2-5-14-11-25-29-20(14)18/h1-11H,(H,25,29)(H,26,30)(H2,24,27,28). The molecule has 30 heavy (non-hydrogen) atoms. The van der Waals surface area contributed by atoms with Crippen LogP contribution in [-0.2, 0) is 0 Å². The van der Waals surface area contributed by atoms with Crippen LogP contribution in [0.5, 0.6) is 0 Å². The molecule has 8 heteroatoms. The second-order valence-corrected chi connectivity index (χ2v) is 6.77. The minimum absolute atomic E-state index is 0.0740. The summed E-state index contributed by atoms with van der Waals surface area (Å²) in [6.45, 7) is 0. The second-order valence-electron chi connectivity index (χ2n) is 6.77. The molecule has 0 spiro atoms. The molecule has 0 aliphatic carbocycles. The van der Waals surface area contributed by atoms with E-state index in [0.717, 1.165) is 10.9 Å². The monoisotopic (exact) mass is 398 g/mol. The number of aromatic nitrogens is 4. The number of hydrogen-bond donors (Lipinski definition) is 3. The number of hydrogen-bond acceptors (Lipinski definition) is 5. The third-order valence-electron chi connectivity index (χ3n) is 4.80. The number of carbonyl (C=O) groups excluding carboxylic acids is 1. The maximum Gasteiger partial charge on any atom is 0.255 e. The Morgan fingerprint density at radius 1 is 1.03 bits per heavy atom. The molecule has 1 amide bonds. The first kappa shape index (κ1) is 17.7. The molecule has 0 aliphatic rings. The number of halogens is 1. The summed E-state index contributed by atoms with van der Waals surface area (Å²) < 4.78 is 13.8. The van der Waals surface area contributed by atoms with Gasteiger partial charge in [0.1, 0.15) is 5.82 Å². The number of nitrogens with zero attached hydrogens (tertiary/aromatic N) is 3. The quantitative estimate of drug-likeness (QED) is 0.423. The highest BCUT2D eigenvalue weighted by atomic mass is 19.1. The Balaban J connectivity index is 1.55. The van der Waals surface area contributed by atoms with E-state index in [0.29, 0.717) is 33.4 Å². The van der Waals surface area contributed by atoms with Gasteiger partial charge in [0.15, 0.2) is 0 Å². The van der Waals surface area contributed by atoms with Crippen molar-refractivity contribution in [3.05, 3.63) is 78.2 Å². The van der Waals surface area contributed by atoms with Gasteiger partial charge in [-0.3, -0.25) is 9.89 Å². The second kappa shape index (κ2) is 6.93. The molecule has 0 aliphatic heterocycles. The minimum Gasteiger partial charge on any atom is -0.368 e. The number of fused-ring (bicyclic) bond motifs is 2. The number of amides is 1. The van der Waals surface area contributed by atoms with Crippen LogP contribution in [0.2, 0.25) is 0 Å². The fourth-order valence-electron chi connectivity index (χ4n) is 3.41. The summed E-state index contributed by atoms with van der Waals surface area (Å²) in [5.74, 6) is -0.625. The van der Waals surface area contributed by atoms with Crippen LogP contribution < -0.4 is 11.1 Å². The molecule has 5 rings (SSSR count). The third-order valence-corrected chi connectivity index (χ3v) is 4.80. The lowest BCUT2D eigenvalue weighted by molar-refractivity contribution is 0.102. The lowest BCUT2D eigenvalue weighted by atomic mass is 10.0. The van der Waals surface area contributed by atoms with Gasteiger partial charge in [-0.1, -0.05) is 24.3 Å². The summed E-state index contributed by atoms with van der Waals surface area (Å²) >= 11 is 0. The van der Waals surface area contributed by atoms with E-state index in [1.165, 1.54) is 12.1 Å². The Morgan fingerprint density at radius 3 is 2.80 bits per heavy atom. The van der Waals surface area contributed by atoms with Crippen molar-refractivity contribution in [1.29, 1.82) is 0 Å². The van der Waals surface area contributed by atoms with Gasteiger partial charge in [-0.05, 0) is 36.4 Å². The zero-order chi connectivity index (χ0) is 20.7. The van der Waals surface area contributed by atoms with Crippen LogP contribution in [0, 0.1) is 5.82 Å². The maximum atomic E-state index is 13.8. The van der Waals surface area contributed by atoms with Crippen molar-refractivity contribution in [2.75, 3.05) is 11.1 Å². The molecule has 2 aromatic heterocycles. The summed E-state index contributed by atoms with van der Waals surface area (Å²) in [7, 11) is 0. The number of H-pyrrole nitrogens is 1. The van der Waals surface area contributed by atoms with Crippen LogP contribution in [-0.4, -0.2) is 26.1 Å². The smallest absolute Gasteiger partial charge is 0.255 e. The number of nitrogens with one attached hydrogen (secondary N) is 2. The lowest BCUT2D eigenvalue weighted by Gasteiger charge is -2.10. The van der Waals surface area contributed by atoms with Crippen molar-refractivity contribution in [3.8, 4) is 11.3 Å². The average molecular weight is 398 g/mol. The maximum absolute atomic E-state index is 13.8. The fourth-order valence-corrected chi connectivity index (χ4v) is 3.41. The van der Waals surface area contributed by atoms with Gasteiger partial charge < -0.3 is 11.1 Å². The largest absolute Gasteiger partial charge is 0.368 e. The van der Waals surface area contributed by atoms with Gasteiger partial charge in [0.2, 0.25) is 5.95 Å². The van der Waals surface area contributed by atoms with E-state index in [4.69, 9.17) is 5.73 Å². The minimum atomic E-state index is -0.404. The first-order valence-electron chi connectivity index (χ1n) is 9.15. The van der Waals surface area contributed by atoms with Crippen molar-refractivity contribution in [2.24, 2.45) is 0 Å². The summed E-state index contributed by atoms with van der Waals surface area (Å²) in [5.41, 5.74) is 9.25. The van der Waals surface area contributed by atoms with Crippen molar-refractivity contribution in [2.45, 2.75) is 0 Å². The fraction of sp³-hybridized carbons (Fsp3) is 0. The molecule has 0 fully saturated rings. The topological polar surface area (TPSA) is 110 Å². The van der Waals surface area contributed by atoms with E-state index in [1.807, 2.05) is 12.1 Å². The molecule has 146 valence electrons. The first-order chi connectivity index (χ1) is 14.6. The summed E-state index contributed by atoms with van der Waals surface area (Å²) in [6, 6.07) is 16.7. The summed E-state index contributed by atoms with van der Waals surface area (Å²) in [6.07, 6.45) is 1.69. The molecular formula is C22H15FN6O. The van der Waals surface area contributed by atoms with Gasteiger partial charge >= 0.3 is 0 Å². The number of nitrogens with two attached hydrogens (primary N) is 1. The summed E-state index contributed by atoms with van der Waals surface area (Å²) in [5, 5.41) is 11.2. The molecule has 0 radical (unpaired) electrons. The average Bonchev–Trinajstić information content (AvgIpc) is 3.23. The molecule has 5 aromatic rings. The van der Waals surface area contributed by atoms with Gasteiger partial charge in [-0.25, -0.2) is 14.4 Å². The molecule has 0 saturated heterocycles. The molecule has 0 bridgehead atoms. The van der Waals surface area contributed by atoms with Gasteiger partial charge in [0.25, 0.3) is 5.91 Å². The SMILES string of the molecule is Nc1nc(-c2cccc(C(=O)Nc3cccc4cn[nH]c34)c2)c2cc(F)ccc2n1. The van der Waals surface area contributed by atoms with Gasteiger partial charge in [-0.2, -0.15) is 5.10 Å². The molecule has 0 atom stereocenters. The predicted molar refractivity (Wildman–Crippen MR) is 113 cm³/mol.